The number of ether oxygens (including phenoxy) is 1. The first-order valence-corrected chi connectivity index (χ1v) is 7.41. The molecule has 1 aromatic rings. The smallest absolute Gasteiger partial charge is 0.263 e. The first-order chi connectivity index (χ1) is 9.69. The molecule has 1 N–H and O–H groups in total. The van der Waals surface area contributed by atoms with Gasteiger partial charge in [-0.1, -0.05) is 36.1 Å². The fourth-order valence-electron chi connectivity index (χ4n) is 2.09. The number of rotatable bonds is 2. The van der Waals surface area contributed by atoms with Gasteiger partial charge in [0.25, 0.3) is 5.91 Å². The average Bonchev–Trinajstić information content (AvgIpc) is 2.95. The SMILES string of the molecule is CCN1C(=CC=C2SC(=S)NC2=O)Oc2ccccc21. The fourth-order valence-corrected chi connectivity index (χ4v) is 3.07. The lowest BCUT2D eigenvalue weighted by atomic mass is 10.3. The van der Waals surface area contributed by atoms with Gasteiger partial charge in [0, 0.05) is 12.6 Å². The number of hydrogen-bond donors (Lipinski definition) is 1. The number of thiocarbonyl (C=S) groups is 1. The Balaban J connectivity index is 1.89. The van der Waals surface area contributed by atoms with Crippen LogP contribution in [0.15, 0.2) is 47.2 Å². The third kappa shape index (κ3) is 2.32. The normalized spacial score (nSPS) is 21.4. The van der Waals surface area contributed by atoms with Crippen LogP contribution in [0.2, 0.25) is 0 Å². The van der Waals surface area contributed by atoms with E-state index in [4.69, 9.17) is 17.0 Å². The molecule has 6 heteroatoms. The van der Waals surface area contributed by atoms with Crippen LogP contribution in [0.3, 0.4) is 0 Å². The van der Waals surface area contributed by atoms with E-state index in [1.165, 1.54) is 11.8 Å². The molecule has 0 spiro atoms. The first-order valence-electron chi connectivity index (χ1n) is 6.18. The Labute approximate surface area is 126 Å². The summed E-state index contributed by atoms with van der Waals surface area (Å²) < 4.78 is 6.29. The molecular weight excluding hydrogens is 292 g/mol. The molecule has 0 aromatic heterocycles. The van der Waals surface area contributed by atoms with E-state index in [0.717, 1.165) is 18.0 Å². The molecular formula is C14H12N2O2S2. The molecule has 0 atom stereocenters. The third-order valence-corrected chi connectivity index (χ3v) is 4.15. The molecule has 2 heterocycles. The highest BCUT2D eigenvalue weighted by Crippen LogP contribution is 2.38. The zero-order chi connectivity index (χ0) is 14.1. The van der Waals surface area contributed by atoms with Gasteiger partial charge >= 0.3 is 0 Å². The van der Waals surface area contributed by atoms with Crippen LogP contribution in [0.25, 0.3) is 0 Å². The van der Waals surface area contributed by atoms with Gasteiger partial charge in [-0.05, 0) is 25.1 Å². The summed E-state index contributed by atoms with van der Waals surface area (Å²) in [6.07, 6.45) is 3.54. The minimum atomic E-state index is -0.157. The molecule has 20 heavy (non-hydrogen) atoms. The largest absolute Gasteiger partial charge is 0.439 e. The van der Waals surface area contributed by atoms with E-state index in [0.29, 0.717) is 15.1 Å². The second-order valence-corrected chi connectivity index (χ2v) is 5.91. The van der Waals surface area contributed by atoms with E-state index in [1.807, 2.05) is 24.3 Å². The maximum absolute atomic E-state index is 11.6. The summed E-state index contributed by atoms with van der Waals surface area (Å²) in [6.45, 7) is 2.85. The van der Waals surface area contributed by atoms with Crippen molar-refractivity contribution in [1.29, 1.82) is 0 Å². The average molecular weight is 304 g/mol. The number of allylic oxidation sites excluding steroid dienone is 2. The molecule has 1 aromatic carbocycles. The van der Waals surface area contributed by atoms with Crippen LogP contribution < -0.4 is 15.0 Å². The summed E-state index contributed by atoms with van der Waals surface area (Å²) in [5.41, 5.74) is 1.04. The van der Waals surface area contributed by atoms with Gasteiger partial charge in [-0.25, -0.2) is 0 Å². The number of anilines is 1. The summed E-state index contributed by atoms with van der Waals surface area (Å²) in [5.74, 6) is 1.39. The Morgan fingerprint density at radius 2 is 2.20 bits per heavy atom. The molecule has 1 fully saturated rings. The van der Waals surface area contributed by atoms with Gasteiger partial charge in [-0.3, -0.25) is 4.79 Å². The van der Waals surface area contributed by atoms with Gasteiger partial charge < -0.3 is 15.0 Å². The van der Waals surface area contributed by atoms with E-state index in [2.05, 4.69) is 17.1 Å². The molecule has 102 valence electrons. The number of carbonyl (C=O) groups excluding carboxylic acids is 1. The van der Waals surface area contributed by atoms with Crippen molar-refractivity contribution < 1.29 is 9.53 Å². The highest BCUT2D eigenvalue weighted by molar-refractivity contribution is 8.26. The second kappa shape index (κ2) is 5.30. The van der Waals surface area contributed by atoms with Gasteiger partial charge in [-0.15, -0.1) is 0 Å². The highest BCUT2D eigenvalue weighted by atomic mass is 32.2. The van der Waals surface area contributed by atoms with Crippen LogP contribution in [-0.2, 0) is 4.79 Å². The molecule has 2 aliphatic rings. The van der Waals surface area contributed by atoms with Crippen molar-refractivity contribution in [3.63, 3.8) is 0 Å². The monoisotopic (exact) mass is 304 g/mol. The summed E-state index contributed by atoms with van der Waals surface area (Å²) in [4.78, 5) is 14.2. The van der Waals surface area contributed by atoms with Crippen LogP contribution in [0.4, 0.5) is 5.69 Å². The van der Waals surface area contributed by atoms with Gasteiger partial charge in [0.15, 0.2) is 5.75 Å². The number of hydrogen-bond acceptors (Lipinski definition) is 5. The van der Waals surface area contributed by atoms with Crippen molar-refractivity contribution in [3.05, 3.63) is 47.2 Å². The number of fused-ring (bicyclic) bond motifs is 1. The predicted octanol–water partition coefficient (Wildman–Crippen LogP) is 2.78. The summed E-state index contributed by atoms with van der Waals surface area (Å²) in [5, 5.41) is 2.59. The second-order valence-electron chi connectivity index (χ2n) is 4.19. The Hall–Kier alpha value is -1.79. The maximum Gasteiger partial charge on any atom is 0.263 e. The standard InChI is InChI=1S/C14H12N2O2S2/c1-2-16-9-5-3-4-6-10(9)18-12(16)8-7-11-13(17)15-14(19)20-11/h3-8H,2H2,1H3,(H,15,17,19). The summed E-state index contributed by atoms with van der Waals surface area (Å²) in [7, 11) is 0. The molecule has 0 saturated carbocycles. The van der Waals surface area contributed by atoms with Crippen LogP contribution in [-0.4, -0.2) is 16.8 Å². The Kier molecular flexibility index (Phi) is 3.50. The summed E-state index contributed by atoms with van der Waals surface area (Å²) in [6, 6.07) is 7.86. The van der Waals surface area contributed by atoms with Crippen molar-refractivity contribution >= 4 is 39.9 Å². The molecule has 0 bridgehead atoms. The molecule has 2 aliphatic heterocycles. The molecule has 0 aliphatic carbocycles. The third-order valence-electron chi connectivity index (χ3n) is 2.97. The first kappa shape index (κ1) is 13.2. The number of carbonyl (C=O) groups is 1. The number of nitrogens with zero attached hydrogens (tertiary/aromatic N) is 1. The van der Waals surface area contributed by atoms with Gasteiger partial charge in [-0.2, -0.15) is 0 Å². The Bertz CT molecular complexity index is 652. The number of para-hydroxylation sites is 2. The van der Waals surface area contributed by atoms with E-state index in [1.54, 1.807) is 12.2 Å². The lowest BCUT2D eigenvalue weighted by Crippen LogP contribution is -2.19. The van der Waals surface area contributed by atoms with Gasteiger partial charge in [0.2, 0.25) is 5.88 Å². The topological polar surface area (TPSA) is 41.6 Å². The zero-order valence-corrected chi connectivity index (χ0v) is 12.4. The van der Waals surface area contributed by atoms with Crippen LogP contribution in [0, 0.1) is 0 Å². The van der Waals surface area contributed by atoms with Crippen LogP contribution in [0.5, 0.6) is 5.75 Å². The molecule has 0 unspecified atom stereocenters. The van der Waals surface area contributed by atoms with Crippen molar-refractivity contribution in [2.24, 2.45) is 0 Å². The van der Waals surface area contributed by atoms with Crippen molar-refractivity contribution in [2.45, 2.75) is 6.92 Å². The van der Waals surface area contributed by atoms with Gasteiger partial charge in [0.05, 0.1) is 10.6 Å². The minimum absolute atomic E-state index is 0.157. The highest BCUT2D eigenvalue weighted by Gasteiger charge is 2.25. The molecule has 1 amide bonds. The van der Waals surface area contributed by atoms with E-state index in [-0.39, 0.29) is 5.91 Å². The van der Waals surface area contributed by atoms with Gasteiger partial charge in [0.1, 0.15) is 4.32 Å². The number of benzene rings is 1. The van der Waals surface area contributed by atoms with Crippen molar-refractivity contribution in [2.75, 3.05) is 11.4 Å². The van der Waals surface area contributed by atoms with E-state index < -0.39 is 0 Å². The van der Waals surface area contributed by atoms with Crippen molar-refractivity contribution in [3.8, 4) is 5.75 Å². The number of thioether (sulfide) groups is 1. The van der Waals surface area contributed by atoms with E-state index in [9.17, 15) is 4.79 Å². The molecule has 1 saturated heterocycles. The number of amides is 1. The lowest BCUT2D eigenvalue weighted by molar-refractivity contribution is -0.115. The number of nitrogens with one attached hydrogen (secondary N) is 1. The lowest BCUT2D eigenvalue weighted by Gasteiger charge is -2.14. The Morgan fingerprint density at radius 1 is 1.40 bits per heavy atom. The minimum Gasteiger partial charge on any atom is -0.439 e. The molecule has 0 radical (unpaired) electrons. The predicted molar refractivity (Wildman–Crippen MR) is 84.6 cm³/mol. The van der Waals surface area contributed by atoms with Crippen molar-refractivity contribution in [1.82, 2.24) is 5.32 Å². The molecule has 4 nitrogen and oxygen atoms in total. The van der Waals surface area contributed by atoms with Crippen LogP contribution in [0.1, 0.15) is 6.92 Å². The molecule has 3 rings (SSSR count). The maximum atomic E-state index is 11.6. The van der Waals surface area contributed by atoms with E-state index >= 15 is 0 Å². The fraction of sp³-hybridized carbons (Fsp3) is 0.143. The Morgan fingerprint density at radius 3 is 2.90 bits per heavy atom. The zero-order valence-electron chi connectivity index (χ0n) is 10.8. The van der Waals surface area contributed by atoms with Crippen LogP contribution >= 0.6 is 24.0 Å². The quantitative estimate of drug-likeness (QED) is 0.672. The summed E-state index contributed by atoms with van der Waals surface area (Å²) >= 11 is 6.22.